The molecule has 0 saturated heterocycles. The van der Waals surface area contributed by atoms with Crippen molar-refractivity contribution in [2.45, 2.75) is 13.3 Å². The first-order valence-electron chi connectivity index (χ1n) is 6.90. The summed E-state index contributed by atoms with van der Waals surface area (Å²) in [6, 6.07) is 9.41. The first-order valence-corrected chi connectivity index (χ1v) is 6.90. The van der Waals surface area contributed by atoms with E-state index in [9.17, 15) is 4.79 Å². The highest BCUT2D eigenvalue weighted by molar-refractivity contribution is 6.03. The van der Waals surface area contributed by atoms with Gasteiger partial charge in [0.15, 0.2) is 0 Å². The van der Waals surface area contributed by atoms with Gasteiger partial charge in [-0.3, -0.25) is 4.79 Å². The maximum Gasteiger partial charge on any atom is 0.272 e. The van der Waals surface area contributed by atoms with Crippen molar-refractivity contribution in [3.05, 3.63) is 53.3 Å². The Morgan fingerprint density at radius 3 is 2.81 bits per heavy atom. The Hall–Kier alpha value is -2.51. The zero-order valence-corrected chi connectivity index (χ0v) is 12.3. The third-order valence-corrected chi connectivity index (χ3v) is 3.25. The Morgan fingerprint density at radius 1 is 1.38 bits per heavy atom. The molecule has 4 nitrogen and oxygen atoms in total. The lowest BCUT2D eigenvalue weighted by molar-refractivity contribution is 0.101. The predicted octanol–water partition coefficient (Wildman–Crippen LogP) is 2.15. The number of carbonyl (C=O) groups excluding carboxylic acids is 1. The van der Waals surface area contributed by atoms with Gasteiger partial charge in [-0.15, -0.1) is 0 Å². The highest BCUT2D eigenvalue weighted by atomic mass is 16.1. The van der Waals surface area contributed by atoms with E-state index in [2.05, 4.69) is 17.2 Å². The van der Waals surface area contributed by atoms with Crippen LogP contribution in [-0.4, -0.2) is 17.0 Å². The second kappa shape index (κ2) is 6.78. The molecule has 4 heteroatoms. The lowest BCUT2D eigenvalue weighted by Gasteiger charge is -2.11. The summed E-state index contributed by atoms with van der Waals surface area (Å²) in [6.07, 6.45) is 2.67. The van der Waals surface area contributed by atoms with Crippen LogP contribution in [0.1, 0.15) is 28.5 Å². The van der Waals surface area contributed by atoms with Gasteiger partial charge in [-0.2, -0.15) is 0 Å². The van der Waals surface area contributed by atoms with E-state index < -0.39 is 0 Å². The summed E-state index contributed by atoms with van der Waals surface area (Å²) in [5, 5.41) is 2.96. The minimum Gasteiger partial charge on any atom is -0.347 e. The van der Waals surface area contributed by atoms with Crippen LogP contribution in [0.25, 0.3) is 0 Å². The summed E-state index contributed by atoms with van der Waals surface area (Å²) in [4.78, 5) is 12.2. The first kappa shape index (κ1) is 14.9. The summed E-state index contributed by atoms with van der Waals surface area (Å²) in [5.41, 5.74) is 8.80. The van der Waals surface area contributed by atoms with Gasteiger partial charge in [0.05, 0.1) is 6.54 Å². The van der Waals surface area contributed by atoms with Crippen LogP contribution in [-0.2, 0) is 13.5 Å². The highest BCUT2D eigenvalue weighted by Gasteiger charge is 2.11. The fraction of sp³-hybridized carbons (Fsp3) is 0.235. The molecule has 0 unspecified atom stereocenters. The smallest absolute Gasteiger partial charge is 0.272 e. The second-order valence-electron chi connectivity index (χ2n) is 4.69. The van der Waals surface area contributed by atoms with Crippen LogP contribution in [0.4, 0.5) is 5.69 Å². The number of nitrogens with two attached hydrogens (primary N) is 1. The normalized spacial score (nSPS) is 9.86. The van der Waals surface area contributed by atoms with Gasteiger partial charge in [0, 0.05) is 24.5 Å². The topological polar surface area (TPSA) is 60.0 Å². The van der Waals surface area contributed by atoms with Gasteiger partial charge in [-0.25, -0.2) is 0 Å². The van der Waals surface area contributed by atoms with E-state index >= 15 is 0 Å². The molecule has 0 aliphatic rings. The number of rotatable bonds is 3. The lowest BCUT2D eigenvalue weighted by Crippen LogP contribution is -2.16. The number of nitrogens with zero attached hydrogens (tertiary/aromatic N) is 1. The standard InChI is InChI=1S/C17H19N3O/c1-3-14-12-13(6-4-10-18)8-9-15(14)19-17(21)16-7-5-11-20(16)2/h5,7-9,11-12H,3,10,18H2,1-2H3,(H,19,21). The molecular formula is C17H19N3O. The molecule has 2 aromatic rings. The van der Waals surface area contributed by atoms with Crippen molar-refractivity contribution in [2.24, 2.45) is 12.8 Å². The molecule has 0 saturated carbocycles. The number of aryl methyl sites for hydroxylation is 2. The minimum absolute atomic E-state index is 0.113. The number of carbonyl (C=O) groups is 1. The molecule has 0 bridgehead atoms. The molecule has 3 N–H and O–H groups in total. The van der Waals surface area contributed by atoms with Gasteiger partial charge in [-0.05, 0) is 42.3 Å². The Balaban J connectivity index is 2.24. The van der Waals surface area contributed by atoms with Crippen molar-refractivity contribution in [2.75, 3.05) is 11.9 Å². The minimum atomic E-state index is -0.113. The van der Waals surface area contributed by atoms with Gasteiger partial charge in [0.25, 0.3) is 5.91 Å². The van der Waals surface area contributed by atoms with Crippen LogP contribution in [0.2, 0.25) is 0 Å². The number of amides is 1. The Kier molecular flexibility index (Phi) is 4.81. The SMILES string of the molecule is CCc1cc(C#CCN)ccc1NC(=O)c1cccn1C. The zero-order chi connectivity index (χ0) is 15.2. The molecule has 2 rings (SSSR count). The molecule has 21 heavy (non-hydrogen) atoms. The van der Waals surface area contributed by atoms with E-state index in [4.69, 9.17) is 5.73 Å². The van der Waals surface area contributed by atoms with Crippen LogP contribution >= 0.6 is 0 Å². The van der Waals surface area contributed by atoms with Crippen LogP contribution in [0.5, 0.6) is 0 Å². The van der Waals surface area contributed by atoms with Crippen LogP contribution in [0.15, 0.2) is 36.5 Å². The summed E-state index contributed by atoms with van der Waals surface area (Å²) < 4.78 is 1.79. The van der Waals surface area contributed by atoms with Crippen LogP contribution in [0, 0.1) is 11.8 Å². The quantitative estimate of drug-likeness (QED) is 0.847. The molecule has 1 aromatic heterocycles. The molecule has 1 amide bonds. The Bertz CT molecular complexity index is 704. The number of hydrogen-bond donors (Lipinski definition) is 2. The molecule has 0 radical (unpaired) electrons. The van der Waals surface area contributed by atoms with E-state index in [0.717, 1.165) is 23.2 Å². The van der Waals surface area contributed by atoms with Gasteiger partial charge >= 0.3 is 0 Å². The number of benzene rings is 1. The van der Waals surface area contributed by atoms with Crippen molar-refractivity contribution in [1.29, 1.82) is 0 Å². The van der Waals surface area contributed by atoms with E-state index in [1.807, 2.05) is 44.4 Å². The number of hydrogen-bond acceptors (Lipinski definition) is 2. The maximum atomic E-state index is 12.2. The Morgan fingerprint density at radius 2 is 2.19 bits per heavy atom. The monoisotopic (exact) mass is 281 g/mol. The van der Waals surface area contributed by atoms with Crippen molar-refractivity contribution in [1.82, 2.24) is 4.57 Å². The molecular weight excluding hydrogens is 262 g/mol. The largest absolute Gasteiger partial charge is 0.347 e. The zero-order valence-electron chi connectivity index (χ0n) is 12.3. The van der Waals surface area contributed by atoms with Crippen LogP contribution in [0.3, 0.4) is 0 Å². The van der Waals surface area contributed by atoms with Crippen molar-refractivity contribution in [3.63, 3.8) is 0 Å². The van der Waals surface area contributed by atoms with Gasteiger partial charge in [-0.1, -0.05) is 18.8 Å². The number of nitrogens with one attached hydrogen (secondary N) is 1. The summed E-state index contributed by atoms with van der Waals surface area (Å²) in [6.45, 7) is 2.39. The summed E-state index contributed by atoms with van der Waals surface area (Å²) >= 11 is 0. The molecule has 1 heterocycles. The number of anilines is 1. The van der Waals surface area contributed by atoms with Crippen molar-refractivity contribution >= 4 is 11.6 Å². The highest BCUT2D eigenvalue weighted by Crippen LogP contribution is 2.19. The van der Waals surface area contributed by atoms with E-state index in [1.165, 1.54) is 0 Å². The second-order valence-corrected chi connectivity index (χ2v) is 4.69. The first-order chi connectivity index (χ1) is 10.2. The fourth-order valence-corrected chi connectivity index (χ4v) is 2.12. The average molecular weight is 281 g/mol. The van der Waals surface area contributed by atoms with E-state index in [1.54, 1.807) is 10.6 Å². The molecule has 0 aliphatic heterocycles. The van der Waals surface area contributed by atoms with Gasteiger partial charge < -0.3 is 15.6 Å². The molecule has 1 aromatic carbocycles. The lowest BCUT2D eigenvalue weighted by atomic mass is 10.1. The third-order valence-electron chi connectivity index (χ3n) is 3.25. The molecule has 0 spiro atoms. The predicted molar refractivity (Wildman–Crippen MR) is 85.1 cm³/mol. The number of aromatic nitrogens is 1. The summed E-state index contributed by atoms with van der Waals surface area (Å²) in [7, 11) is 1.85. The van der Waals surface area contributed by atoms with E-state index in [-0.39, 0.29) is 5.91 Å². The molecule has 0 aliphatic carbocycles. The Labute approximate surface area is 125 Å². The molecule has 108 valence electrons. The molecule has 0 fully saturated rings. The van der Waals surface area contributed by atoms with Crippen LogP contribution < -0.4 is 11.1 Å². The van der Waals surface area contributed by atoms with Crippen molar-refractivity contribution < 1.29 is 4.79 Å². The molecule has 0 atom stereocenters. The van der Waals surface area contributed by atoms with E-state index in [0.29, 0.717) is 12.2 Å². The van der Waals surface area contributed by atoms with Crippen molar-refractivity contribution in [3.8, 4) is 11.8 Å². The maximum absolute atomic E-state index is 12.2. The van der Waals surface area contributed by atoms with Gasteiger partial charge in [0.2, 0.25) is 0 Å². The summed E-state index contributed by atoms with van der Waals surface area (Å²) in [5.74, 6) is 5.72. The van der Waals surface area contributed by atoms with Gasteiger partial charge in [0.1, 0.15) is 5.69 Å². The third kappa shape index (κ3) is 3.53. The fourth-order valence-electron chi connectivity index (χ4n) is 2.12. The average Bonchev–Trinajstić information content (AvgIpc) is 2.92.